The minimum absolute atomic E-state index is 0.364. The topological polar surface area (TPSA) is 58.6 Å². The quantitative estimate of drug-likeness (QED) is 0.905. The van der Waals surface area contributed by atoms with Gasteiger partial charge in [-0.05, 0) is 24.1 Å². The van der Waals surface area contributed by atoms with Crippen LogP contribution in [0.25, 0.3) is 0 Å². The molecule has 0 fully saturated rings. The van der Waals surface area contributed by atoms with E-state index in [0.717, 1.165) is 11.3 Å². The first-order valence-electron chi connectivity index (χ1n) is 7.00. The first-order valence-corrected chi connectivity index (χ1v) is 7.00. The van der Waals surface area contributed by atoms with Crippen LogP contribution in [0.15, 0.2) is 54.6 Å². The average Bonchev–Trinajstić information content (AvgIpc) is 2.54. The van der Waals surface area contributed by atoms with Crippen LogP contribution in [-0.4, -0.2) is 16.7 Å². The zero-order valence-electron chi connectivity index (χ0n) is 11.7. The highest BCUT2D eigenvalue weighted by Gasteiger charge is 2.50. The molecule has 0 radical (unpaired) electrons. The third-order valence-corrected chi connectivity index (χ3v) is 3.97. The lowest BCUT2D eigenvalue weighted by atomic mass is 9.84. The molecule has 4 heteroatoms. The van der Waals surface area contributed by atoms with Crippen LogP contribution < -0.4 is 10.1 Å². The van der Waals surface area contributed by atoms with Gasteiger partial charge < -0.3 is 15.2 Å². The number of benzene rings is 2. The number of carboxylic acid groups (broad SMARTS) is 1. The fraction of sp³-hybridized carbons (Fsp3) is 0.235. The molecule has 1 heterocycles. The highest BCUT2D eigenvalue weighted by atomic mass is 16.5. The summed E-state index contributed by atoms with van der Waals surface area (Å²) in [6.45, 7) is 1.83. The molecule has 0 aromatic heterocycles. The molecule has 108 valence electrons. The summed E-state index contributed by atoms with van der Waals surface area (Å²) in [6, 6.07) is 16.5. The molecule has 2 unspecified atom stereocenters. The maximum Gasteiger partial charge on any atom is 0.350 e. The molecule has 2 N–H and O–H groups in total. The van der Waals surface area contributed by atoms with E-state index in [1.54, 1.807) is 6.07 Å². The van der Waals surface area contributed by atoms with E-state index < -0.39 is 17.6 Å². The number of nitrogens with one attached hydrogen (secondary N) is 1. The van der Waals surface area contributed by atoms with Crippen molar-refractivity contribution in [2.45, 2.75) is 25.0 Å². The molecule has 4 nitrogen and oxygen atoms in total. The number of carboxylic acids is 1. The second-order valence-electron chi connectivity index (χ2n) is 5.13. The second-order valence-corrected chi connectivity index (χ2v) is 5.13. The van der Waals surface area contributed by atoms with Gasteiger partial charge in [0.25, 0.3) is 0 Å². The number of fused-ring (bicyclic) bond motifs is 1. The van der Waals surface area contributed by atoms with Gasteiger partial charge in [0, 0.05) is 0 Å². The lowest BCUT2D eigenvalue weighted by molar-refractivity contribution is -0.158. The summed E-state index contributed by atoms with van der Waals surface area (Å²) in [4.78, 5) is 11.9. The summed E-state index contributed by atoms with van der Waals surface area (Å²) >= 11 is 0. The lowest BCUT2D eigenvalue weighted by Crippen LogP contribution is -2.54. The molecule has 3 rings (SSSR count). The van der Waals surface area contributed by atoms with Gasteiger partial charge in [0.15, 0.2) is 0 Å². The molecule has 0 spiro atoms. The van der Waals surface area contributed by atoms with Crippen molar-refractivity contribution in [1.29, 1.82) is 0 Å². The Morgan fingerprint density at radius 3 is 2.52 bits per heavy atom. The molecule has 0 amide bonds. The van der Waals surface area contributed by atoms with Crippen LogP contribution in [0.5, 0.6) is 5.75 Å². The molecule has 1 aliphatic rings. The number of hydrogen-bond acceptors (Lipinski definition) is 3. The van der Waals surface area contributed by atoms with Crippen LogP contribution in [0.1, 0.15) is 24.9 Å². The number of aliphatic carboxylic acids is 1. The van der Waals surface area contributed by atoms with Gasteiger partial charge in [-0.3, -0.25) is 0 Å². The first kappa shape index (κ1) is 13.5. The zero-order chi connectivity index (χ0) is 14.9. The summed E-state index contributed by atoms with van der Waals surface area (Å²) in [5.41, 5.74) is 0.406. The number of ether oxygens (including phenoxy) is 1. The van der Waals surface area contributed by atoms with Crippen molar-refractivity contribution in [2.24, 2.45) is 0 Å². The van der Waals surface area contributed by atoms with Crippen molar-refractivity contribution in [3.63, 3.8) is 0 Å². The predicted octanol–water partition coefficient (Wildman–Crippen LogP) is 3.47. The van der Waals surface area contributed by atoms with Crippen LogP contribution in [0.3, 0.4) is 0 Å². The highest BCUT2D eigenvalue weighted by Crippen LogP contribution is 2.44. The summed E-state index contributed by atoms with van der Waals surface area (Å²) in [7, 11) is 0. The number of carbonyl (C=O) groups is 1. The second kappa shape index (κ2) is 5.13. The van der Waals surface area contributed by atoms with Gasteiger partial charge in [0.2, 0.25) is 5.60 Å². The summed E-state index contributed by atoms with van der Waals surface area (Å²) in [6.07, 6.45) is 0.364. The lowest BCUT2D eigenvalue weighted by Gasteiger charge is -2.42. The molecule has 0 saturated carbocycles. The molecule has 0 saturated heterocycles. The molecule has 2 aromatic rings. The van der Waals surface area contributed by atoms with Crippen LogP contribution in [0.4, 0.5) is 5.69 Å². The molecule has 2 atom stereocenters. The Bertz CT molecular complexity index is 656. The Hall–Kier alpha value is -2.49. The van der Waals surface area contributed by atoms with Crippen molar-refractivity contribution < 1.29 is 14.6 Å². The van der Waals surface area contributed by atoms with E-state index in [1.165, 1.54) is 0 Å². The average molecular weight is 283 g/mol. The predicted molar refractivity (Wildman–Crippen MR) is 80.5 cm³/mol. The summed E-state index contributed by atoms with van der Waals surface area (Å²) in [5.74, 6) is -0.380. The fourth-order valence-corrected chi connectivity index (χ4v) is 2.79. The molecule has 21 heavy (non-hydrogen) atoms. The number of anilines is 1. The van der Waals surface area contributed by atoms with Gasteiger partial charge >= 0.3 is 5.97 Å². The van der Waals surface area contributed by atoms with Crippen molar-refractivity contribution in [1.82, 2.24) is 0 Å². The molecule has 0 bridgehead atoms. The Morgan fingerprint density at radius 1 is 1.19 bits per heavy atom. The largest absolute Gasteiger partial charge is 0.478 e. The summed E-state index contributed by atoms with van der Waals surface area (Å²) < 4.78 is 5.94. The molecular formula is C17H17NO3. The van der Waals surface area contributed by atoms with Gasteiger partial charge in [-0.25, -0.2) is 4.79 Å². The van der Waals surface area contributed by atoms with Gasteiger partial charge in [0.05, 0.1) is 5.69 Å². The van der Waals surface area contributed by atoms with Crippen LogP contribution in [0.2, 0.25) is 0 Å². The number of rotatable bonds is 3. The first-order chi connectivity index (χ1) is 10.2. The van der Waals surface area contributed by atoms with Crippen LogP contribution in [0, 0.1) is 0 Å². The van der Waals surface area contributed by atoms with Crippen molar-refractivity contribution in [2.75, 3.05) is 5.32 Å². The Kier molecular flexibility index (Phi) is 3.29. The zero-order valence-corrected chi connectivity index (χ0v) is 11.7. The van der Waals surface area contributed by atoms with E-state index in [2.05, 4.69) is 5.32 Å². The minimum Gasteiger partial charge on any atom is -0.478 e. The Morgan fingerprint density at radius 2 is 1.86 bits per heavy atom. The third kappa shape index (κ3) is 2.13. The maximum absolute atomic E-state index is 11.9. The molecule has 0 aliphatic carbocycles. The van der Waals surface area contributed by atoms with E-state index in [4.69, 9.17) is 4.74 Å². The highest BCUT2D eigenvalue weighted by molar-refractivity contribution is 5.82. The molecule has 1 aliphatic heterocycles. The van der Waals surface area contributed by atoms with E-state index >= 15 is 0 Å². The standard InChI is InChI=1S/C17H17NO3/c1-2-17(16(19)20)15(12-8-4-3-5-9-12)18-13-10-6-7-11-14(13)21-17/h3-11,15,18H,2H2,1H3,(H,19,20). The van der Waals surface area contributed by atoms with Crippen molar-refractivity contribution in [3.05, 3.63) is 60.2 Å². The molecular weight excluding hydrogens is 266 g/mol. The smallest absolute Gasteiger partial charge is 0.350 e. The maximum atomic E-state index is 11.9. The van der Waals surface area contributed by atoms with Gasteiger partial charge in [0.1, 0.15) is 11.8 Å². The van der Waals surface area contributed by atoms with E-state index in [1.807, 2.05) is 55.5 Å². The minimum atomic E-state index is -1.31. The van der Waals surface area contributed by atoms with E-state index in [0.29, 0.717) is 12.2 Å². The van der Waals surface area contributed by atoms with E-state index in [-0.39, 0.29) is 0 Å². The van der Waals surface area contributed by atoms with Crippen molar-refractivity contribution >= 4 is 11.7 Å². The Labute approximate surface area is 123 Å². The normalized spacial score (nSPS) is 23.6. The van der Waals surface area contributed by atoms with Crippen molar-refractivity contribution in [3.8, 4) is 5.75 Å². The monoisotopic (exact) mass is 283 g/mol. The SMILES string of the molecule is CCC1(C(=O)O)Oc2ccccc2NC1c1ccccc1. The molecule has 2 aromatic carbocycles. The van der Waals surface area contributed by atoms with E-state index in [9.17, 15) is 9.90 Å². The van der Waals surface area contributed by atoms with Crippen LogP contribution >= 0.6 is 0 Å². The van der Waals surface area contributed by atoms with Gasteiger partial charge in [-0.15, -0.1) is 0 Å². The third-order valence-electron chi connectivity index (χ3n) is 3.97. The number of hydrogen-bond donors (Lipinski definition) is 2. The fourth-order valence-electron chi connectivity index (χ4n) is 2.79. The Balaban J connectivity index is 2.13. The van der Waals surface area contributed by atoms with Gasteiger partial charge in [-0.1, -0.05) is 49.4 Å². The number of para-hydroxylation sites is 2. The van der Waals surface area contributed by atoms with Gasteiger partial charge in [-0.2, -0.15) is 0 Å². The summed E-state index contributed by atoms with van der Waals surface area (Å²) in [5, 5.41) is 13.1. The van der Waals surface area contributed by atoms with Crippen LogP contribution in [-0.2, 0) is 4.79 Å².